The number of hydrogen-bond donors (Lipinski definition) is 1. The van der Waals surface area contributed by atoms with E-state index >= 15 is 0 Å². The van der Waals surface area contributed by atoms with E-state index < -0.39 is 31.3 Å². The molecular weight excluding hydrogens is 370 g/mol. The van der Waals surface area contributed by atoms with E-state index in [4.69, 9.17) is 5.11 Å². The molecule has 1 aliphatic heterocycles. The zero-order valence-corrected chi connectivity index (χ0v) is 16.4. The van der Waals surface area contributed by atoms with Crippen molar-refractivity contribution in [2.45, 2.75) is 22.9 Å². The Kier molecular flexibility index (Phi) is 7.38. The van der Waals surface area contributed by atoms with E-state index in [2.05, 4.69) is 13.1 Å². The standard InChI is InChI=1S/C5H3OSi.C5H13OSi.2ClH.Zr/c6-3-1-4-5(2-3)7-4;1-7(2,3)5-4-6;;;/h1H,7H2;6H,1,4-5H2,2-3H3;2*1H;/q;;;;+2/p-2. The molecule has 0 radical (unpaired) electrons. The van der Waals surface area contributed by atoms with Crippen LogP contribution < -0.4 is 24.8 Å². The molecule has 0 saturated carbocycles. The Hall–Kier alpha value is 1.01. The van der Waals surface area contributed by atoms with Crippen molar-refractivity contribution in [2.24, 2.45) is 0 Å². The number of rotatable bonds is 5. The summed E-state index contributed by atoms with van der Waals surface area (Å²) >= 11 is -0.618. The van der Waals surface area contributed by atoms with Crippen LogP contribution in [-0.2, 0) is 28.0 Å². The Balaban J connectivity index is 0.00000128. The molecule has 2 aliphatic rings. The van der Waals surface area contributed by atoms with Gasteiger partial charge in [0.1, 0.15) is 0 Å². The van der Waals surface area contributed by atoms with Gasteiger partial charge in [-0.3, -0.25) is 0 Å². The molecule has 0 aromatic rings. The molecule has 0 atom stereocenters. The first-order chi connectivity index (χ1) is 7.03. The van der Waals surface area contributed by atoms with Gasteiger partial charge < -0.3 is 24.8 Å². The Morgan fingerprint density at radius 3 is 2.53 bits per heavy atom. The van der Waals surface area contributed by atoms with Crippen molar-refractivity contribution >= 4 is 23.4 Å². The van der Waals surface area contributed by atoms with E-state index in [1.54, 1.807) is 5.20 Å². The van der Waals surface area contributed by atoms with Crippen LogP contribution in [0.15, 0.2) is 19.7 Å². The maximum Gasteiger partial charge on any atom is -1.00 e. The first-order valence-electron chi connectivity index (χ1n) is 5.37. The Morgan fingerprint density at radius 1 is 1.41 bits per heavy atom. The van der Waals surface area contributed by atoms with Gasteiger partial charge in [0.15, 0.2) is 0 Å². The van der Waals surface area contributed by atoms with Crippen molar-refractivity contribution in [1.29, 1.82) is 0 Å². The molecule has 0 aromatic heterocycles. The van der Waals surface area contributed by atoms with Crippen LogP contribution in [0, 0.1) is 0 Å². The van der Waals surface area contributed by atoms with Gasteiger partial charge in [0.2, 0.25) is 0 Å². The number of fused-ring (bicyclic) bond motifs is 1. The van der Waals surface area contributed by atoms with Crippen LogP contribution in [0.3, 0.4) is 0 Å². The van der Waals surface area contributed by atoms with Crippen LogP contribution in [0.2, 0.25) is 22.9 Å². The smallest absolute Gasteiger partial charge is 1.00 e. The van der Waals surface area contributed by atoms with Crippen molar-refractivity contribution in [1.82, 2.24) is 0 Å². The first kappa shape index (κ1) is 18.0. The van der Waals surface area contributed by atoms with Crippen molar-refractivity contribution < 1.29 is 58.0 Å². The van der Waals surface area contributed by atoms with Gasteiger partial charge in [-0.25, -0.2) is 0 Å². The van der Waals surface area contributed by atoms with Crippen LogP contribution in [0.25, 0.3) is 0 Å². The summed E-state index contributed by atoms with van der Waals surface area (Å²) < 4.78 is 2.62. The summed E-state index contributed by atoms with van der Waals surface area (Å²) in [6.07, 6.45) is 1.90. The van der Waals surface area contributed by atoms with E-state index in [0.717, 1.165) is 6.04 Å². The van der Waals surface area contributed by atoms with Crippen molar-refractivity contribution in [2.75, 3.05) is 6.61 Å². The summed E-state index contributed by atoms with van der Waals surface area (Å²) in [5.41, 5.74) is 0. The fraction of sp³-hybridized carbons (Fsp3) is 0.500. The van der Waals surface area contributed by atoms with Crippen molar-refractivity contribution in [3.05, 3.63) is 19.7 Å². The minimum Gasteiger partial charge on any atom is -1.00 e. The first-order valence-corrected chi connectivity index (χ1v) is 13.2. The number of allylic oxidation sites excluding steroid dienone is 4. The molecule has 0 bridgehead atoms. The van der Waals surface area contributed by atoms with Gasteiger partial charge in [0.05, 0.1) is 0 Å². The normalized spacial score (nSPS) is 18.1. The molecule has 0 unspecified atom stereocenters. The summed E-state index contributed by atoms with van der Waals surface area (Å²) in [4.78, 5) is 11.6. The number of ketones is 1. The molecule has 7 heteroatoms. The maximum atomic E-state index is 11.6. The molecule has 0 spiro atoms. The predicted molar refractivity (Wildman–Crippen MR) is 62.8 cm³/mol. The summed E-state index contributed by atoms with van der Waals surface area (Å²) in [5, 5.41) is 12.0. The molecule has 0 aromatic carbocycles. The molecule has 2 nitrogen and oxygen atoms in total. The van der Waals surface area contributed by atoms with Gasteiger partial charge in [-0.1, -0.05) is 0 Å². The number of aliphatic hydroxyl groups excluding tert-OH is 1. The SMILES string of the molecule is C[Si](C)(CCO)[CH2][Zr+2][C]1=C2[SiH2]C2=CC1=O.[Cl-].[Cl-]. The van der Waals surface area contributed by atoms with Gasteiger partial charge in [0.25, 0.3) is 0 Å². The van der Waals surface area contributed by atoms with E-state index in [-0.39, 0.29) is 34.3 Å². The number of aliphatic hydroxyl groups is 1. The van der Waals surface area contributed by atoms with Gasteiger partial charge in [0, 0.05) is 0 Å². The monoisotopic (exact) mass is 384 g/mol. The second kappa shape index (κ2) is 6.97. The maximum absolute atomic E-state index is 11.6. The molecule has 1 heterocycles. The van der Waals surface area contributed by atoms with Crippen LogP contribution in [0.5, 0.6) is 0 Å². The zero-order valence-electron chi connectivity index (χ0n) is 10.0. The Bertz CT molecular complexity index is 381. The van der Waals surface area contributed by atoms with E-state index in [0.29, 0.717) is 12.4 Å². The molecule has 1 fully saturated rings. The number of hydrogen-bond acceptors (Lipinski definition) is 2. The zero-order chi connectivity index (χ0) is 11.1. The molecule has 17 heavy (non-hydrogen) atoms. The summed E-state index contributed by atoms with van der Waals surface area (Å²) in [7, 11) is -1.21. The number of halogens is 2. The third-order valence-corrected chi connectivity index (χ3v) is 18.8. The molecular formula is C10H16Cl2O2Si2Zr. The molecule has 94 valence electrons. The second-order valence-electron chi connectivity index (χ2n) is 5.06. The molecule has 2 rings (SSSR count). The topological polar surface area (TPSA) is 37.3 Å². The minimum absolute atomic E-state index is 0. The van der Waals surface area contributed by atoms with Gasteiger partial charge in [-0.05, 0) is 0 Å². The Morgan fingerprint density at radius 2 is 2.06 bits per heavy atom. The average molecular weight is 387 g/mol. The molecule has 1 saturated heterocycles. The summed E-state index contributed by atoms with van der Waals surface area (Å²) in [5.74, 6) is 0.360. The summed E-state index contributed by atoms with van der Waals surface area (Å²) in [6, 6.07) is 1.00. The van der Waals surface area contributed by atoms with Crippen molar-refractivity contribution in [3.63, 3.8) is 0 Å². The average Bonchev–Trinajstić information content (AvgIpc) is 2.78. The fourth-order valence-corrected chi connectivity index (χ4v) is 14.0. The Labute approximate surface area is 130 Å². The molecule has 1 N–H and O–H groups in total. The van der Waals surface area contributed by atoms with Crippen molar-refractivity contribution in [3.8, 4) is 0 Å². The van der Waals surface area contributed by atoms with Gasteiger partial charge in [-0.15, -0.1) is 0 Å². The predicted octanol–water partition coefficient (Wildman–Crippen LogP) is -5.40. The van der Waals surface area contributed by atoms with E-state index in [1.807, 2.05) is 6.08 Å². The third kappa shape index (κ3) is 4.55. The molecule has 1 aliphatic carbocycles. The number of carbonyl (C=O) groups excluding carboxylic acids is 1. The van der Waals surface area contributed by atoms with E-state index in [1.165, 1.54) is 12.2 Å². The van der Waals surface area contributed by atoms with Crippen LogP contribution >= 0.6 is 0 Å². The van der Waals surface area contributed by atoms with Crippen LogP contribution in [0.4, 0.5) is 0 Å². The fourth-order valence-electron chi connectivity index (χ4n) is 1.83. The number of carbonyl (C=O) groups is 1. The largest absolute Gasteiger partial charge is 1.00 e. The van der Waals surface area contributed by atoms with Crippen LogP contribution in [-0.4, -0.2) is 35.1 Å². The minimum atomic E-state index is -1.18. The van der Waals surface area contributed by atoms with Crippen LogP contribution in [0.1, 0.15) is 0 Å². The van der Waals surface area contributed by atoms with E-state index in [9.17, 15) is 4.79 Å². The summed E-state index contributed by atoms with van der Waals surface area (Å²) in [6.45, 7) is 5.01. The van der Waals surface area contributed by atoms with Gasteiger partial charge >= 0.3 is 106 Å². The van der Waals surface area contributed by atoms with Gasteiger partial charge in [-0.2, -0.15) is 0 Å². The molecule has 0 amide bonds. The second-order valence-corrected chi connectivity index (χ2v) is 16.8. The quantitative estimate of drug-likeness (QED) is 0.479. The third-order valence-electron chi connectivity index (χ3n) is 3.02.